The summed E-state index contributed by atoms with van der Waals surface area (Å²) in [6, 6.07) is 3.26. The maximum absolute atomic E-state index is 12.7. The lowest BCUT2D eigenvalue weighted by molar-refractivity contribution is -0.137. The number of rotatable bonds is 2. The Labute approximate surface area is 107 Å². The highest BCUT2D eigenvalue weighted by atomic mass is 19.4. The molecule has 1 aromatic heterocycles. The molecule has 3 nitrogen and oxygen atoms in total. The molecule has 0 aliphatic heterocycles. The highest BCUT2D eigenvalue weighted by Gasteiger charge is 2.31. The molecule has 0 aliphatic carbocycles. The number of carbonyl (C=O) groups excluding carboxylic acids is 1. The van der Waals surface area contributed by atoms with Gasteiger partial charge >= 0.3 is 12.1 Å². The Morgan fingerprint density at radius 3 is 2.63 bits per heavy atom. The zero-order valence-electron chi connectivity index (χ0n) is 10.4. The SMILES string of the molecule is CCOC(=O)c1c(C)[nH]c2ccc(C(F)(F)F)cc12. The fourth-order valence-electron chi connectivity index (χ4n) is 1.97. The minimum absolute atomic E-state index is 0.156. The number of nitrogens with one attached hydrogen (secondary N) is 1. The lowest BCUT2D eigenvalue weighted by Crippen LogP contribution is -2.07. The number of aromatic amines is 1. The molecule has 102 valence electrons. The van der Waals surface area contributed by atoms with Gasteiger partial charge < -0.3 is 9.72 Å². The summed E-state index contributed by atoms with van der Waals surface area (Å²) in [5, 5.41) is 0.228. The first-order valence-electron chi connectivity index (χ1n) is 5.71. The van der Waals surface area contributed by atoms with Gasteiger partial charge in [0.05, 0.1) is 17.7 Å². The predicted molar refractivity (Wildman–Crippen MR) is 64.0 cm³/mol. The van der Waals surface area contributed by atoms with E-state index in [1.807, 2.05) is 0 Å². The second kappa shape index (κ2) is 4.60. The third-order valence-electron chi connectivity index (χ3n) is 2.79. The molecular formula is C13H12F3NO2. The van der Waals surface area contributed by atoms with Crippen LogP contribution < -0.4 is 0 Å². The van der Waals surface area contributed by atoms with Crippen LogP contribution in [0.3, 0.4) is 0 Å². The zero-order chi connectivity index (χ0) is 14.2. The molecule has 1 N–H and O–H groups in total. The van der Waals surface area contributed by atoms with Gasteiger partial charge in [-0.2, -0.15) is 13.2 Å². The fourth-order valence-corrected chi connectivity index (χ4v) is 1.97. The molecule has 1 aromatic carbocycles. The minimum Gasteiger partial charge on any atom is -0.462 e. The Bertz CT molecular complexity index is 629. The Balaban J connectivity index is 2.63. The van der Waals surface area contributed by atoms with Crippen LogP contribution in [0.25, 0.3) is 10.9 Å². The molecule has 0 saturated heterocycles. The van der Waals surface area contributed by atoms with Crippen molar-refractivity contribution in [3.8, 4) is 0 Å². The summed E-state index contributed by atoms with van der Waals surface area (Å²) in [5.41, 5.74) is 0.342. The number of benzene rings is 1. The van der Waals surface area contributed by atoms with Crippen molar-refractivity contribution >= 4 is 16.9 Å². The van der Waals surface area contributed by atoms with Gasteiger partial charge in [-0.1, -0.05) is 0 Å². The lowest BCUT2D eigenvalue weighted by Gasteiger charge is -2.07. The second-order valence-electron chi connectivity index (χ2n) is 4.10. The van der Waals surface area contributed by atoms with Gasteiger partial charge in [0, 0.05) is 16.6 Å². The molecule has 0 bridgehead atoms. The Kier molecular flexibility index (Phi) is 3.26. The molecule has 0 fully saturated rings. The number of ether oxygens (including phenoxy) is 1. The quantitative estimate of drug-likeness (QED) is 0.847. The predicted octanol–water partition coefficient (Wildman–Crippen LogP) is 3.67. The number of aryl methyl sites for hydroxylation is 1. The maximum Gasteiger partial charge on any atom is 0.416 e. The van der Waals surface area contributed by atoms with Crippen LogP contribution >= 0.6 is 0 Å². The number of fused-ring (bicyclic) bond motifs is 1. The van der Waals surface area contributed by atoms with E-state index in [1.165, 1.54) is 6.07 Å². The topological polar surface area (TPSA) is 42.1 Å². The van der Waals surface area contributed by atoms with E-state index in [2.05, 4.69) is 4.98 Å². The largest absolute Gasteiger partial charge is 0.462 e. The number of H-pyrrole nitrogens is 1. The van der Waals surface area contributed by atoms with Crippen LogP contribution in [0.1, 0.15) is 28.5 Å². The van der Waals surface area contributed by atoms with Crippen LogP contribution in [0.2, 0.25) is 0 Å². The van der Waals surface area contributed by atoms with Crippen LogP contribution in [-0.2, 0) is 10.9 Å². The number of halogens is 3. The van der Waals surface area contributed by atoms with E-state index in [-0.39, 0.29) is 17.6 Å². The standard InChI is InChI=1S/C13H12F3NO2/c1-3-19-12(18)11-7(2)17-10-5-4-8(6-9(10)11)13(14,15)16/h4-6,17H,3H2,1-2H3. The molecule has 1 heterocycles. The molecule has 0 aliphatic rings. The molecule has 6 heteroatoms. The van der Waals surface area contributed by atoms with Gasteiger partial charge in [0.25, 0.3) is 0 Å². The van der Waals surface area contributed by atoms with Crippen molar-refractivity contribution in [3.63, 3.8) is 0 Å². The summed E-state index contributed by atoms with van der Waals surface area (Å²) in [5.74, 6) is -0.620. The van der Waals surface area contributed by atoms with Crippen molar-refractivity contribution in [1.82, 2.24) is 4.98 Å². The minimum atomic E-state index is -4.44. The Hall–Kier alpha value is -1.98. The Morgan fingerprint density at radius 1 is 1.37 bits per heavy atom. The van der Waals surface area contributed by atoms with Crippen molar-refractivity contribution in [2.75, 3.05) is 6.61 Å². The second-order valence-corrected chi connectivity index (χ2v) is 4.10. The normalized spacial score (nSPS) is 11.8. The average molecular weight is 271 g/mol. The van der Waals surface area contributed by atoms with Crippen molar-refractivity contribution in [1.29, 1.82) is 0 Å². The number of hydrogen-bond donors (Lipinski definition) is 1. The highest BCUT2D eigenvalue weighted by Crippen LogP contribution is 2.33. The molecule has 2 rings (SSSR count). The Morgan fingerprint density at radius 2 is 2.05 bits per heavy atom. The summed E-state index contributed by atoms with van der Waals surface area (Å²) < 4.78 is 42.9. The molecule has 0 amide bonds. The van der Waals surface area contributed by atoms with Crippen molar-refractivity contribution in [2.45, 2.75) is 20.0 Å². The number of carbonyl (C=O) groups is 1. The van der Waals surface area contributed by atoms with E-state index in [4.69, 9.17) is 4.74 Å². The summed E-state index contributed by atoms with van der Waals surface area (Å²) >= 11 is 0. The van der Waals surface area contributed by atoms with E-state index in [1.54, 1.807) is 13.8 Å². The van der Waals surface area contributed by atoms with E-state index in [9.17, 15) is 18.0 Å². The van der Waals surface area contributed by atoms with E-state index >= 15 is 0 Å². The first kappa shape index (κ1) is 13.5. The summed E-state index contributed by atoms with van der Waals surface area (Å²) in [7, 11) is 0. The zero-order valence-corrected chi connectivity index (χ0v) is 10.4. The van der Waals surface area contributed by atoms with Crippen LogP contribution in [0.15, 0.2) is 18.2 Å². The van der Waals surface area contributed by atoms with Crippen LogP contribution in [-0.4, -0.2) is 17.6 Å². The maximum atomic E-state index is 12.7. The van der Waals surface area contributed by atoms with Gasteiger partial charge in [-0.15, -0.1) is 0 Å². The van der Waals surface area contributed by atoms with E-state index in [0.29, 0.717) is 11.2 Å². The van der Waals surface area contributed by atoms with Crippen molar-refractivity contribution in [3.05, 3.63) is 35.0 Å². The van der Waals surface area contributed by atoms with Gasteiger partial charge in [0.2, 0.25) is 0 Å². The molecule has 0 unspecified atom stereocenters. The first-order chi connectivity index (χ1) is 8.84. The van der Waals surface area contributed by atoms with Crippen molar-refractivity contribution < 1.29 is 22.7 Å². The molecular weight excluding hydrogens is 259 g/mol. The molecule has 0 radical (unpaired) electrons. The average Bonchev–Trinajstić information content (AvgIpc) is 2.62. The fraction of sp³-hybridized carbons (Fsp3) is 0.308. The van der Waals surface area contributed by atoms with Crippen LogP contribution in [0.5, 0.6) is 0 Å². The van der Waals surface area contributed by atoms with Gasteiger partial charge in [-0.3, -0.25) is 0 Å². The summed E-state index contributed by atoms with van der Waals surface area (Å²) in [6.45, 7) is 3.44. The number of alkyl halides is 3. The number of aromatic nitrogens is 1. The lowest BCUT2D eigenvalue weighted by atomic mass is 10.1. The van der Waals surface area contributed by atoms with Crippen LogP contribution in [0, 0.1) is 6.92 Å². The summed E-state index contributed by atoms with van der Waals surface area (Å²) in [6.07, 6.45) is -4.44. The van der Waals surface area contributed by atoms with Crippen molar-refractivity contribution in [2.24, 2.45) is 0 Å². The van der Waals surface area contributed by atoms with Gasteiger partial charge in [0.1, 0.15) is 0 Å². The van der Waals surface area contributed by atoms with Gasteiger partial charge in [-0.25, -0.2) is 4.79 Å². The number of esters is 1. The number of hydrogen-bond acceptors (Lipinski definition) is 2. The van der Waals surface area contributed by atoms with Gasteiger partial charge in [-0.05, 0) is 32.0 Å². The third kappa shape index (κ3) is 2.43. The monoisotopic (exact) mass is 271 g/mol. The van der Waals surface area contributed by atoms with Crippen LogP contribution in [0.4, 0.5) is 13.2 Å². The summed E-state index contributed by atoms with van der Waals surface area (Å²) in [4.78, 5) is 14.7. The first-order valence-corrected chi connectivity index (χ1v) is 5.71. The molecule has 0 atom stereocenters. The highest BCUT2D eigenvalue weighted by molar-refractivity contribution is 6.05. The third-order valence-corrected chi connectivity index (χ3v) is 2.79. The van der Waals surface area contributed by atoms with E-state index < -0.39 is 17.7 Å². The molecule has 19 heavy (non-hydrogen) atoms. The molecule has 0 saturated carbocycles. The molecule has 0 spiro atoms. The van der Waals surface area contributed by atoms with E-state index in [0.717, 1.165) is 12.1 Å². The smallest absolute Gasteiger partial charge is 0.416 e. The van der Waals surface area contributed by atoms with Gasteiger partial charge in [0.15, 0.2) is 0 Å². The molecule has 2 aromatic rings.